The SMILES string of the molecule is N=C(N)c1ccc(Sc2ccc(Br)cc2)c(Br)c1. The van der Waals surface area contributed by atoms with Crippen LogP contribution in [-0.4, -0.2) is 5.84 Å². The third kappa shape index (κ3) is 3.37. The fourth-order valence-electron chi connectivity index (χ4n) is 1.38. The molecule has 5 heteroatoms. The van der Waals surface area contributed by atoms with Crippen LogP contribution >= 0.6 is 43.6 Å². The van der Waals surface area contributed by atoms with Gasteiger partial charge in [0.05, 0.1) is 0 Å². The molecule has 0 spiro atoms. The van der Waals surface area contributed by atoms with E-state index in [2.05, 4.69) is 44.0 Å². The molecule has 3 N–H and O–H groups in total. The summed E-state index contributed by atoms with van der Waals surface area (Å²) in [4.78, 5) is 2.26. The molecular formula is C13H10Br2N2S. The van der Waals surface area contributed by atoms with Gasteiger partial charge in [0.15, 0.2) is 0 Å². The van der Waals surface area contributed by atoms with Gasteiger partial charge in [-0.15, -0.1) is 0 Å². The van der Waals surface area contributed by atoms with Crippen molar-refractivity contribution in [1.29, 1.82) is 5.41 Å². The molecule has 0 saturated heterocycles. The molecule has 0 aliphatic heterocycles. The number of hydrogen-bond donors (Lipinski definition) is 2. The summed E-state index contributed by atoms with van der Waals surface area (Å²) < 4.78 is 2.01. The highest BCUT2D eigenvalue weighted by Gasteiger charge is 2.05. The largest absolute Gasteiger partial charge is 0.384 e. The number of nitrogens with two attached hydrogens (primary N) is 1. The first-order valence-electron chi connectivity index (χ1n) is 5.13. The van der Waals surface area contributed by atoms with E-state index in [4.69, 9.17) is 11.1 Å². The van der Waals surface area contributed by atoms with Gasteiger partial charge >= 0.3 is 0 Å². The molecule has 2 rings (SSSR count). The average molecular weight is 386 g/mol. The lowest BCUT2D eigenvalue weighted by molar-refractivity contribution is 1.34. The molecule has 92 valence electrons. The van der Waals surface area contributed by atoms with Crippen molar-refractivity contribution in [1.82, 2.24) is 0 Å². The van der Waals surface area contributed by atoms with Crippen molar-refractivity contribution < 1.29 is 0 Å². The summed E-state index contributed by atoms with van der Waals surface area (Å²) in [5.41, 5.74) is 6.18. The second kappa shape index (κ2) is 5.91. The smallest absolute Gasteiger partial charge is 0.122 e. The van der Waals surface area contributed by atoms with Gasteiger partial charge in [-0.3, -0.25) is 5.41 Å². The maximum absolute atomic E-state index is 7.39. The fraction of sp³-hybridized carbons (Fsp3) is 0. The Balaban J connectivity index is 2.24. The Morgan fingerprint density at radius 2 is 1.72 bits per heavy atom. The molecule has 0 aromatic heterocycles. The lowest BCUT2D eigenvalue weighted by Gasteiger charge is -2.06. The predicted molar refractivity (Wildman–Crippen MR) is 83.4 cm³/mol. The number of amidine groups is 1. The number of nitrogen functional groups attached to an aromatic ring is 1. The van der Waals surface area contributed by atoms with Gasteiger partial charge in [0.2, 0.25) is 0 Å². The lowest BCUT2D eigenvalue weighted by Crippen LogP contribution is -2.10. The van der Waals surface area contributed by atoms with Gasteiger partial charge in [0.25, 0.3) is 0 Å². The third-order valence-electron chi connectivity index (χ3n) is 2.28. The van der Waals surface area contributed by atoms with Crippen LogP contribution in [0.4, 0.5) is 0 Å². The molecule has 0 radical (unpaired) electrons. The van der Waals surface area contributed by atoms with Gasteiger partial charge in [-0.2, -0.15) is 0 Å². The molecule has 2 aromatic rings. The highest BCUT2D eigenvalue weighted by molar-refractivity contribution is 9.10. The molecule has 0 saturated carbocycles. The van der Waals surface area contributed by atoms with Crippen molar-refractivity contribution in [3.63, 3.8) is 0 Å². The van der Waals surface area contributed by atoms with E-state index in [-0.39, 0.29) is 5.84 Å². The van der Waals surface area contributed by atoms with Crippen LogP contribution in [0.15, 0.2) is 61.2 Å². The first-order chi connectivity index (χ1) is 8.56. The number of hydrogen-bond acceptors (Lipinski definition) is 2. The summed E-state index contributed by atoms with van der Waals surface area (Å²) in [6, 6.07) is 13.8. The minimum absolute atomic E-state index is 0.0795. The Morgan fingerprint density at radius 3 is 2.28 bits per heavy atom. The van der Waals surface area contributed by atoms with Gasteiger partial charge in [-0.1, -0.05) is 33.8 Å². The minimum Gasteiger partial charge on any atom is -0.384 e. The molecule has 18 heavy (non-hydrogen) atoms. The topological polar surface area (TPSA) is 49.9 Å². The molecule has 2 nitrogen and oxygen atoms in total. The Bertz CT molecular complexity index is 582. The third-order valence-corrected chi connectivity index (χ3v) is 4.82. The molecule has 0 aliphatic carbocycles. The molecule has 0 aliphatic rings. The predicted octanol–water partition coefficient (Wildman–Crippen LogP) is 4.65. The Labute approximate surface area is 127 Å². The van der Waals surface area contributed by atoms with E-state index in [0.29, 0.717) is 0 Å². The number of rotatable bonds is 3. The summed E-state index contributed by atoms with van der Waals surface area (Å²) >= 11 is 8.58. The van der Waals surface area contributed by atoms with Crippen LogP contribution in [0.25, 0.3) is 0 Å². The average Bonchev–Trinajstić information content (AvgIpc) is 2.34. The van der Waals surface area contributed by atoms with Crippen LogP contribution in [0.2, 0.25) is 0 Å². The second-order valence-corrected chi connectivity index (χ2v) is 6.50. The molecule has 0 amide bonds. The van der Waals surface area contributed by atoms with Crippen LogP contribution in [0.5, 0.6) is 0 Å². The van der Waals surface area contributed by atoms with Crippen molar-refractivity contribution >= 4 is 49.5 Å². The summed E-state index contributed by atoms with van der Waals surface area (Å²) in [6.45, 7) is 0. The van der Waals surface area contributed by atoms with Crippen LogP contribution in [0.3, 0.4) is 0 Å². The Hall–Kier alpha value is -0.780. The van der Waals surface area contributed by atoms with E-state index < -0.39 is 0 Å². The number of halogens is 2. The molecule has 0 bridgehead atoms. The summed E-state index contributed by atoms with van der Waals surface area (Å²) in [5.74, 6) is 0.0795. The van der Waals surface area contributed by atoms with Crippen LogP contribution in [-0.2, 0) is 0 Å². The number of benzene rings is 2. The van der Waals surface area contributed by atoms with E-state index in [1.54, 1.807) is 11.8 Å². The fourth-order valence-corrected chi connectivity index (χ4v) is 3.09. The molecule has 0 fully saturated rings. The normalized spacial score (nSPS) is 10.3. The monoisotopic (exact) mass is 384 g/mol. The first-order valence-corrected chi connectivity index (χ1v) is 7.54. The first kappa shape index (κ1) is 13.6. The zero-order valence-electron chi connectivity index (χ0n) is 9.28. The zero-order valence-corrected chi connectivity index (χ0v) is 13.3. The van der Waals surface area contributed by atoms with Crippen molar-refractivity contribution in [2.24, 2.45) is 5.73 Å². The van der Waals surface area contributed by atoms with Gasteiger partial charge in [-0.25, -0.2) is 0 Å². The quantitative estimate of drug-likeness (QED) is 0.596. The van der Waals surface area contributed by atoms with Gasteiger partial charge in [0.1, 0.15) is 5.84 Å². The molecular weight excluding hydrogens is 376 g/mol. The molecule has 0 atom stereocenters. The second-order valence-electron chi connectivity index (χ2n) is 3.61. The van der Waals surface area contributed by atoms with Crippen molar-refractivity contribution in [2.75, 3.05) is 0 Å². The lowest BCUT2D eigenvalue weighted by atomic mass is 10.2. The standard InChI is InChI=1S/C13H10Br2N2S/c14-9-2-4-10(5-3-9)18-12-6-1-8(13(16)17)7-11(12)15/h1-7H,(H3,16,17). The maximum atomic E-state index is 7.39. The molecule has 2 aromatic carbocycles. The molecule has 0 heterocycles. The summed E-state index contributed by atoms with van der Waals surface area (Å²) in [7, 11) is 0. The van der Waals surface area contributed by atoms with E-state index in [1.807, 2.05) is 30.3 Å². The maximum Gasteiger partial charge on any atom is 0.122 e. The van der Waals surface area contributed by atoms with E-state index in [9.17, 15) is 0 Å². The van der Waals surface area contributed by atoms with E-state index in [1.165, 1.54) is 0 Å². The van der Waals surface area contributed by atoms with Gasteiger partial charge in [-0.05, 0) is 52.3 Å². The Morgan fingerprint density at radius 1 is 1.06 bits per heavy atom. The summed E-state index contributed by atoms with van der Waals surface area (Å²) in [5, 5.41) is 7.39. The van der Waals surface area contributed by atoms with Crippen molar-refractivity contribution in [3.8, 4) is 0 Å². The van der Waals surface area contributed by atoms with Gasteiger partial charge < -0.3 is 5.73 Å². The Kier molecular flexibility index (Phi) is 4.48. The number of nitrogens with one attached hydrogen (secondary N) is 1. The van der Waals surface area contributed by atoms with E-state index >= 15 is 0 Å². The van der Waals surface area contributed by atoms with Crippen LogP contribution < -0.4 is 5.73 Å². The van der Waals surface area contributed by atoms with Gasteiger partial charge in [0, 0.05) is 24.3 Å². The highest BCUT2D eigenvalue weighted by Crippen LogP contribution is 2.34. The summed E-state index contributed by atoms with van der Waals surface area (Å²) in [6.07, 6.45) is 0. The van der Waals surface area contributed by atoms with E-state index in [0.717, 1.165) is 24.3 Å². The molecule has 0 unspecified atom stereocenters. The minimum atomic E-state index is 0.0795. The van der Waals surface area contributed by atoms with Crippen molar-refractivity contribution in [3.05, 3.63) is 57.0 Å². The van der Waals surface area contributed by atoms with Crippen LogP contribution in [0, 0.1) is 5.41 Å². The zero-order chi connectivity index (χ0) is 13.1. The van der Waals surface area contributed by atoms with Crippen LogP contribution in [0.1, 0.15) is 5.56 Å². The van der Waals surface area contributed by atoms with Crippen molar-refractivity contribution in [2.45, 2.75) is 9.79 Å². The highest BCUT2D eigenvalue weighted by atomic mass is 79.9.